The van der Waals surface area contributed by atoms with Crippen LogP contribution < -0.4 is 11.1 Å². The molecule has 3 aromatic rings. The first kappa shape index (κ1) is 17.5. The molecule has 1 aliphatic rings. The average Bonchev–Trinajstić information content (AvgIpc) is 3.10. The predicted octanol–water partition coefficient (Wildman–Crippen LogP) is 2.54. The molecule has 3 heterocycles. The second-order valence-electron chi connectivity index (χ2n) is 6.67. The zero-order chi connectivity index (χ0) is 18.8. The lowest BCUT2D eigenvalue weighted by Crippen LogP contribution is -2.48. The van der Waals surface area contributed by atoms with Gasteiger partial charge in [0.05, 0.1) is 18.0 Å². The average molecular weight is 365 g/mol. The number of nitrogens with two attached hydrogens (primary N) is 1. The Hall–Kier alpha value is -2.93. The van der Waals surface area contributed by atoms with E-state index in [4.69, 9.17) is 10.5 Å². The molecular weight excluding hydrogens is 342 g/mol. The molecule has 0 radical (unpaired) electrons. The molecule has 27 heavy (non-hydrogen) atoms. The normalized spacial score (nSPS) is 19.9. The number of esters is 1. The van der Waals surface area contributed by atoms with Crippen molar-refractivity contribution >= 4 is 22.8 Å². The highest BCUT2D eigenvalue weighted by Gasteiger charge is 2.34. The SMILES string of the molecule is CCOC(=O)C1NCCCC1n1cc(-c2ccccc2)c2c(N)ncnc21. The maximum absolute atomic E-state index is 12.5. The number of carbonyl (C=O) groups excluding carboxylic acids is 1. The van der Waals surface area contributed by atoms with Gasteiger partial charge in [-0.1, -0.05) is 30.3 Å². The van der Waals surface area contributed by atoms with Gasteiger partial charge in [-0.3, -0.25) is 4.79 Å². The van der Waals surface area contributed by atoms with E-state index in [0.717, 1.165) is 41.5 Å². The molecule has 2 aromatic heterocycles. The topological polar surface area (TPSA) is 95.1 Å². The highest BCUT2D eigenvalue weighted by molar-refractivity contribution is 6.00. The van der Waals surface area contributed by atoms with Gasteiger partial charge in [-0.2, -0.15) is 0 Å². The summed E-state index contributed by atoms with van der Waals surface area (Å²) in [6.07, 6.45) is 5.34. The minimum Gasteiger partial charge on any atom is -0.465 e. The number of rotatable bonds is 4. The van der Waals surface area contributed by atoms with Crippen LogP contribution in [0.5, 0.6) is 0 Å². The number of ether oxygens (including phenoxy) is 1. The van der Waals surface area contributed by atoms with Crippen molar-refractivity contribution in [3.8, 4) is 11.1 Å². The van der Waals surface area contributed by atoms with Gasteiger partial charge in [-0.25, -0.2) is 9.97 Å². The van der Waals surface area contributed by atoms with E-state index in [2.05, 4.69) is 19.9 Å². The number of hydrogen-bond donors (Lipinski definition) is 2. The van der Waals surface area contributed by atoms with Crippen LogP contribution in [-0.4, -0.2) is 39.7 Å². The molecule has 2 atom stereocenters. The fourth-order valence-corrected chi connectivity index (χ4v) is 3.84. The molecule has 1 aromatic carbocycles. The van der Waals surface area contributed by atoms with Gasteiger partial charge < -0.3 is 20.4 Å². The van der Waals surface area contributed by atoms with Crippen LogP contribution in [0.15, 0.2) is 42.9 Å². The minimum atomic E-state index is -0.408. The lowest BCUT2D eigenvalue weighted by molar-refractivity contribution is -0.147. The number of nitrogen functional groups attached to an aromatic ring is 1. The molecule has 4 rings (SSSR count). The first-order valence-corrected chi connectivity index (χ1v) is 9.27. The Bertz CT molecular complexity index is 954. The fraction of sp³-hybridized carbons (Fsp3) is 0.350. The molecule has 3 N–H and O–H groups in total. The Morgan fingerprint density at radius 2 is 2.15 bits per heavy atom. The summed E-state index contributed by atoms with van der Waals surface area (Å²) in [6, 6.07) is 9.52. The van der Waals surface area contributed by atoms with Crippen molar-refractivity contribution < 1.29 is 9.53 Å². The predicted molar refractivity (Wildman–Crippen MR) is 104 cm³/mol. The monoisotopic (exact) mass is 365 g/mol. The zero-order valence-corrected chi connectivity index (χ0v) is 15.3. The Morgan fingerprint density at radius 1 is 1.33 bits per heavy atom. The largest absolute Gasteiger partial charge is 0.465 e. The molecule has 1 saturated heterocycles. The molecule has 0 amide bonds. The van der Waals surface area contributed by atoms with Crippen LogP contribution in [0, 0.1) is 0 Å². The third-order valence-electron chi connectivity index (χ3n) is 5.05. The summed E-state index contributed by atoms with van der Waals surface area (Å²) >= 11 is 0. The molecule has 140 valence electrons. The summed E-state index contributed by atoms with van der Waals surface area (Å²) < 4.78 is 7.35. The lowest BCUT2D eigenvalue weighted by Gasteiger charge is -2.32. The number of carbonyl (C=O) groups is 1. The summed E-state index contributed by atoms with van der Waals surface area (Å²) in [5.74, 6) is 0.210. The van der Waals surface area contributed by atoms with Gasteiger partial charge in [0.1, 0.15) is 23.8 Å². The molecule has 0 bridgehead atoms. The van der Waals surface area contributed by atoms with E-state index in [1.807, 2.05) is 43.5 Å². The summed E-state index contributed by atoms with van der Waals surface area (Å²) in [5, 5.41) is 4.13. The van der Waals surface area contributed by atoms with E-state index in [0.29, 0.717) is 12.4 Å². The molecular formula is C20H23N5O2. The molecule has 0 spiro atoms. The molecule has 1 aliphatic heterocycles. The number of aromatic nitrogens is 3. The number of nitrogens with zero attached hydrogens (tertiary/aromatic N) is 3. The van der Waals surface area contributed by atoms with Crippen LogP contribution in [0.4, 0.5) is 5.82 Å². The highest BCUT2D eigenvalue weighted by atomic mass is 16.5. The Kier molecular flexibility index (Phi) is 4.77. The standard InChI is InChI=1S/C20H23N5O2/c1-2-27-20(26)17-15(9-6-10-22-17)25-11-14(13-7-4-3-5-8-13)16-18(21)23-12-24-19(16)25/h3-5,7-8,11-12,15,17,22H,2,6,9-10H2,1H3,(H2,21,23,24). The van der Waals surface area contributed by atoms with Crippen molar-refractivity contribution in [3.63, 3.8) is 0 Å². The second-order valence-corrected chi connectivity index (χ2v) is 6.67. The Labute approximate surface area is 157 Å². The lowest BCUT2D eigenvalue weighted by atomic mass is 9.98. The van der Waals surface area contributed by atoms with Crippen molar-refractivity contribution in [3.05, 3.63) is 42.9 Å². The smallest absolute Gasteiger partial charge is 0.325 e. The van der Waals surface area contributed by atoms with Crippen molar-refractivity contribution in [2.24, 2.45) is 0 Å². The van der Waals surface area contributed by atoms with Crippen molar-refractivity contribution in [2.75, 3.05) is 18.9 Å². The number of hydrogen-bond acceptors (Lipinski definition) is 6. The molecule has 7 heteroatoms. The molecule has 7 nitrogen and oxygen atoms in total. The third kappa shape index (κ3) is 3.14. The van der Waals surface area contributed by atoms with Gasteiger partial charge >= 0.3 is 5.97 Å². The first-order valence-electron chi connectivity index (χ1n) is 9.27. The quantitative estimate of drug-likeness (QED) is 0.690. The summed E-state index contributed by atoms with van der Waals surface area (Å²) in [4.78, 5) is 21.2. The molecule has 1 fully saturated rings. The maximum atomic E-state index is 12.5. The van der Waals surface area contributed by atoms with Gasteiger partial charge in [-0.05, 0) is 31.9 Å². The second kappa shape index (κ2) is 7.36. The van der Waals surface area contributed by atoms with Gasteiger partial charge in [0, 0.05) is 11.8 Å². The number of nitrogens with one attached hydrogen (secondary N) is 1. The van der Waals surface area contributed by atoms with Crippen LogP contribution in [0.3, 0.4) is 0 Å². The van der Waals surface area contributed by atoms with E-state index in [1.54, 1.807) is 0 Å². The first-order chi connectivity index (χ1) is 13.2. The zero-order valence-electron chi connectivity index (χ0n) is 15.3. The van der Waals surface area contributed by atoms with Crippen molar-refractivity contribution in [2.45, 2.75) is 31.8 Å². The summed E-state index contributed by atoms with van der Waals surface area (Å²) in [7, 11) is 0. The van der Waals surface area contributed by atoms with Gasteiger partial charge in [0.2, 0.25) is 0 Å². The van der Waals surface area contributed by atoms with E-state index in [1.165, 1.54) is 6.33 Å². The highest BCUT2D eigenvalue weighted by Crippen LogP contribution is 2.36. The van der Waals surface area contributed by atoms with Gasteiger partial charge in [0.15, 0.2) is 0 Å². The number of anilines is 1. The van der Waals surface area contributed by atoms with Crippen LogP contribution in [0.2, 0.25) is 0 Å². The van der Waals surface area contributed by atoms with Crippen LogP contribution in [-0.2, 0) is 9.53 Å². The summed E-state index contributed by atoms with van der Waals surface area (Å²) in [5.41, 5.74) is 8.96. The Balaban J connectivity index is 1.86. The maximum Gasteiger partial charge on any atom is 0.325 e. The molecule has 2 unspecified atom stereocenters. The van der Waals surface area contributed by atoms with Crippen molar-refractivity contribution in [1.29, 1.82) is 0 Å². The number of benzene rings is 1. The molecule has 0 saturated carbocycles. The van der Waals surface area contributed by atoms with Gasteiger partial charge in [-0.15, -0.1) is 0 Å². The fourth-order valence-electron chi connectivity index (χ4n) is 3.84. The number of fused-ring (bicyclic) bond motifs is 1. The van der Waals surface area contributed by atoms with Crippen molar-refractivity contribution in [1.82, 2.24) is 19.9 Å². The van der Waals surface area contributed by atoms with E-state index < -0.39 is 6.04 Å². The van der Waals surface area contributed by atoms with Crippen LogP contribution in [0.25, 0.3) is 22.2 Å². The minimum absolute atomic E-state index is 0.0907. The molecule has 0 aliphatic carbocycles. The number of piperidine rings is 1. The van der Waals surface area contributed by atoms with Crippen LogP contribution in [0.1, 0.15) is 25.8 Å². The third-order valence-corrected chi connectivity index (χ3v) is 5.05. The van der Waals surface area contributed by atoms with Gasteiger partial charge in [0.25, 0.3) is 0 Å². The van der Waals surface area contributed by atoms with E-state index in [-0.39, 0.29) is 12.0 Å². The van der Waals surface area contributed by atoms with E-state index >= 15 is 0 Å². The van der Waals surface area contributed by atoms with E-state index in [9.17, 15) is 4.79 Å². The Morgan fingerprint density at radius 3 is 2.93 bits per heavy atom. The van der Waals surface area contributed by atoms with Crippen LogP contribution >= 0.6 is 0 Å². The summed E-state index contributed by atoms with van der Waals surface area (Å²) in [6.45, 7) is 2.98.